The van der Waals surface area contributed by atoms with E-state index in [0.29, 0.717) is 17.1 Å². The van der Waals surface area contributed by atoms with E-state index >= 15 is 0 Å². The Hall–Kier alpha value is -4.06. The van der Waals surface area contributed by atoms with Gasteiger partial charge in [0.25, 0.3) is 0 Å². The zero-order chi connectivity index (χ0) is 26.3. The smallest absolute Gasteiger partial charge is 0.343 e. The first-order chi connectivity index (χ1) is 18.1. The third kappa shape index (κ3) is 9.84. The van der Waals surface area contributed by atoms with Crippen LogP contribution in [0.1, 0.15) is 54.1 Å². The number of aryl methyl sites for hydroxylation is 2. The molecule has 0 amide bonds. The van der Waals surface area contributed by atoms with Crippen LogP contribution in [0.2, 0.25) is 0 Å². The van der Waals surface area contributed by atoms with Crippen LogP contribution in [0.3, 0.4) is 0 Å². The Morgan fingerprint density at radius 1 is 0.730 bits per heavy atom. The summed E-state index contributed by atoms with van der Waals surface area (Å²) in [5, 5.41) is 0. The lowest BCUT2D eigenvalue weighted by atomic mass is 10.0. The van der Waals surface area contributed by atoms with Gasteiger partial charge >= 0.3 is 11.9 Å². The van der Waals surface area contributed by atoms with Crippen LogP contribution in [-0.2, 0) is 22.4 Å². The Labute approximate surface area is 218 Å². The summed E-state index contributed by atoms with van der Waals surface area (Å²) in [5.74, 6) is 0.819. The number of ether oxygens (including phenoxy) is 4. The van der Waals surface area contributed by atoms with E-state index in [-0.39, 0.29) is 6.79 Å². The second-order valence-corrected chi connectivity index (χ2v) is 8.54. The van der Waals surface area contributed by atoms with Gasteiger partial charge in [-0.3, -0.25) is 0 Å². The number of benzene rings is 3. The van der Waals surface area contributed by atoms with Crippen molar-refractivity contribution >= 4 is 11.9 Å². The SMILES string of the molecule is C=CC(=O)OCOc1ccc(C(=O)Oc2ccc(CCc3ccc(OCCCCCC)cc3)cc2)cc1. The molecule has 6 nitrogen and oxygen atoms in total. The first-order valence-corrected chi connectivity index (χ1v) is 12.6. The van der Waals surface area contributed by atoms with Crippen molar-refractivity contribution in [2.75, 3.05) is 13.4 Å². The highest BCUT2D eigenvalue weighted by Crippen LogP contribution is 2.19. The van der Waals surface area contributed by atoms with Crippen LogP contribution in [0.4, 0.5) is 0 Å². The maximum Gasteiger partial charge on any atom is 0.343 e. The zero-order valence-corrected chi connectivity index (χ0v) is 21.3. The van der Waals surface area contributed by atoms with E-state index in [0.717, 1.165) is 43.3 Å². The van der Waals surface area contributed by atoms with Gasteiger partial charge in [-0.2, -0.15) is 0 Å². The number of hydrogen-bond acceptors (Lipinski definition) is 6. The van der Waals surface area contributed by atoms with E-state index in [4.69, 9.17) is 18.9 Å². The lowest BCUT2D eigenvalue weighted by molar-refractivity contribution is -0.144. The Morgan fingerprint density at radius 2 is 1.30 bits per heavy atom. The van der Waals surface area contributed by atoms with Crippen LogP contribution in [0.15, 0.2) is 85.5 Å². The highest BCUT2D eigenvalue weighted by Gasteiger charge is 2.09. The summed E-state index contributed by atoms with van der Waals surface area (Å²) in [4.78, 5) is 23.5. The molecule has 0 saturated heterocycles. The van der Waals surface area contributed by atoms with Crippen LogP contribution >= 0.6 is 0 Å². The minimum Gasteiger partial charge on any atom is -0.494 e. The van der Waals surface area contributed by atoms with Crippen LogP contribution in [-0.4, -0.2) is 25.3 Å². The van der Waals surface area contributed by atoms with Crippen molar-refractivity contribution in [2.24, 2.45) is 0 Å². The fourth-order valence-corrected chi connectivity index (χ4v) is 3.55. The molecular weight excluding hydrogens is 468 g/mol. The molecule has 194 valence electrons. The summed E-state index contributed by atoms with van der Waals surface area (Å²) in [6, 6.07) is 22.2. The van der Waals surface area contributed by atoms with Gasteiger partial charge in [0.1, 0.15) is 17.2 Å². The van der Waals surface area contributed by atoms with Crippen LogP contribution < -0.4 is 14.2 Å². The molecule has 0 radical (unpaired) electrons. The quantitative estimate of drug-likeness (QED) is 0.0756. The van der Waals surface area contributed by atoms with E-state index in [1.807, 2.05) is 24.3 Å². The Balaban J connectivity index is 1.41. The normalized spacial score (nSPS) is 10.4. The summed E-state index contributed by atoms with van der Waals surface area (Å²) < 4.78 is 21.3. The molecule has 37 heavy (non-hydrogen) atoms. The van der Waals surface area contributed by atoms with Crippen molar-refractivity contribution < 1.29 is 28.5 Å². The largest absolute Gasteiger partial charge is 0.494 e. The van der Waals surface area contributed by atoms with Crippen molar-refractivity contribution in [3.05, 3.63) is 102 Å². The van der Waals surface area contributed by atoms with Crippen LogP contribution in [0.5, 0.6) is 17.2 Å². The van der Waals surface area contributed by atoms with Gasteiger partial charge < -0.3 is 18.9 Å². The molecule has 3 rings (SSSR count). The summed E-state index contributed by atoms with van der Waals surface area (Å²) >= 11 is 0. The van der Waals surface area contributed by atoms with Gasteiger partial charge in [-0.1, -0.05) is 57.0 Å². The van der Waals surface area contributed by atoms with Crippen molar-refractivity contribution in [3.8, 4) is 17.2 Å². The summed E-state index contributed by atoms with van der Waals surface area (Å²) in [6.07, 6.45) is 7.65. The van der Waals surface area contributed by atoms with E-state index in [1.54, 1.807) is 36.4 Å². The number of carbonyl (C=O) groups is 2. The molecule has 0 fully saturated rings. The lowest BCUT2D eigenvalue weighted by Gasteiger charge is -2.09. The van der Waals surface area contributed by atoms with Gasteiger partial charge in [0, 0.05) is 6.08 Å². The van der Waals surface area contributed by atoms with Crippen molar-refractivity contribution in [1.82, 2.24) is 0 Å². The first kappa shape index (κ1) is 27.5. The molecule has 0 unspecified atom stereocenters. The third-order valence-electron chi connectivity index (χ3n) is 5.71. The molecular formula is C31H34O6. The average Bonchev–Trinajstić information content (AvgIpc) is 2.93. The highest BCUT2D eigenvalue weighted by molar-refractivity contribution is 5.91. The van der Waals surface area contributed by atoms with E-state index < -0.39 is 11.9 Å². The highest BCUT2D eigenvalue weighted by atomic mass is 16.7. The fourth-order valence-electron chi connectivity index (χ4n) is 3.55. The molecule has 0 aliphatic heterocycles. The van der Waals surface area contributed by atoms with E-state index in [9.17, 15) is 9.59 Å². The number of esters is 2. The van der Waals surface area contributed by atoms with Gasteiger partial charge in [0.2, 0.25) is 6.79 Å². The monoisotopic (exact) mass is 502 g/mol. The maximum atomic E-state index is 12.4. The molecule has 0 heterocycles. The van der Waals surface area contributed by atoms with Crippen LogP contribution in [0, 0.1) is 0 Å². The molecule has 0 aliphatic carbocycles. The summed E-state index contributed by atoms with van der Waals surface area (Å²) in [7, 11) is 0. The van der Waals surface area contributed by atoms with Crippen molar-refractivity contribution in [2.45, 2.75) is 45.4 Å². The molecule has 0 aromatic heterocycles. The van der Waals surface area contributed by atoms with Gasteiger partial charge in [-0.15, -0.1) is 0 Å². The standard InChI is InChI=1S/C31H34O6/c1-3-5-6-7-22-34-27-16-10-24(11-17-27)8-9-25-12-18-29(19-13-25)37-31(33)26-14-20-28(21-15-26)35-23-36-30(32)4-2/h4,10-21H,2-3,5-9,22-23H2,1H3. The van der Waals surface area contributed by atoms with Gasteiger partial charge in [-0.25, -0.2) is 9.59 Å². The Morgan fingerprint density at radius 3 is 1.89 bits per heavy atom. The molecule has 6 heteroatoms. The number of carbonyl (C=O) groups excluding carboxylic acids is 2. The molecule has 0 atom stereocenters. The Bertz CT molecular complexity index is 1120. The predicted octanol–water partition coefficient (Wildman–Crippen LogP) is 6.72. The third-order valence-corrected chi connectivity index (χ3v) is 5.71. The fraction of sp³-hybridized carbons (Fsp3) is 0.290. The number of rotatable bonds is 15. The van der Waals surface area contributed by atoms with Crippen LogP contribution in [0.25, 0.3) is 0 Å². The lowest BCUT2D eigenvalue weighted by Crippen LogP contribution is -2.09. The van der Waals surface area contributed by atoms with Crippen molar-refractivity contribution in [3.63, 3.8) is 0 Å². The topological polar surface area (TPSA) is 71.1 Å². The molecule has 0 spiro atoms. The van der Waals surface area contributed by atoms with E-state index in [2.05, 4.69) is 25.6 Å². The molecule has 3 aromatic carbocycles. The first-order valence-electron chi connectivity index (χ1n) is 12.6. The Kier molecular flexibility index (Phi) is 11.3. The minimum atomic E-state index is -0.571. The second kappa shape index (κ2) is 15.1. The van der Waals surface area contributed by atoms with Gasteiger partial charge in [0.05, 0.1) is 12.2 Å². The van der Waals surface area contributed by atoms with Gasteiger partial charge in [0.15, 0.2) is 0 Å². The zero-order valence-electron chi connectivity index (χ0n) is 21.3. The average molecular weight is 503 g/mol. The molecule has 3 aromatic rings. The number of unbranched alkanes of at least 4 members (excludes halogenated alkanes) is 3. The second-order valence-electron chi connectivity index (χ2n) is 8.54. The predicted molar refractivity (Wildman–Crippen MR) is 143 cm³/mol. The molecule has 0 aliphatic rings. The van der Waals surface area contributed by atoms with Gasteiger partial charge in [-0.05, 0) is 78.9 Å². The maximum absolute atomic E-state index is 12.4. The molecule has 0 saturated carbocycles. The number of hydrogen-bond donors (Lipinski definition) is 0. The summed E-state index contributed by atoms with van der Waals surface area (Å²) in [5.41, 5.74) is 2.79. The van der Waals surface area contributed by atoms with Crippen molar-refractivity contribution in [1.29, 1.82) is 0 Å². The molecule has 0 bridgehead atoms. The summed E-state index contributed by atoms with van der Waals surface area (Å²) in [6.45, 7) is 6.05. The van der Waals surface area contributed by atoms with E-state index in [1.165, 1.54) is 24.8 Å². The molecule has 0 N–H and O–H groups in total. The minimum absolute atomic E-state index is 0.236.